The van der Waals surface area contributed by atoms with Crippen molar-refractivity contribution < 1.29 is 8.78 Å². The van der Waals surface area contributed by atoms with Gasteiger partial charge in [0.2, 0.25) is 5.95 Å². The van der Waals surface area contributed by atoms with E-state index < -0.39 is 11.5 Å². The van der Waals surface area contributed by atoms with Crippen molar-refractivity contribution in [3.05, 3.63) is 118 Å². The molecule has 1 unspecified atom stereocenters. The molecule has 2 aliphatic heterocycles. The second-order valence-electron chi connectivity index (χ2n) is 12.1. The molecule has 5 aromatic rings. The van der Waals surface area contributed by atoms with Crippen molar-refractivity contribution in [3.8, 4) is 16.8 Å². The third kappa shape index (κ3) is 5.86. The van der Waals surface area contributed by atoms with Gasteiger partial charge in [0.1, 0.15) is 0 Å². The molecule has 2 N–H and O–H groups in total. The van der Waals surface area contributed by atoms with Crippen LogP contribution in [0.2, 0.25) is 0 Å². The molecule has 2 aromatic heterocycles. The Morgan fingerprint density at radius 2 is 1.72 bits per heavy atom. The molecular weight excluding hydrogens is 582 g/mol. The third-order valence-electron chi connectivity index (χ3n) is 8.72. The number of nitrogens with one attached hydrogen (secondary N) is 2. The topological polar surface area (TPSA) is 84.2 Å². The Morgan fingerprint density at radius 3 is 2.41 bits per heavy atom. The summed E-state index contributed by atoms with van der Waals surface area (Å²) in [5, 5.41) is 7.22. The Balaban J connectivity index is 1.32. The van der Waals surface area contributed by atoms with Gasteiger partial charge in [-0.15, -0.1) is 0 Å². The normalized spacial score (nSPS) is 17.0. The van der Waals surface area contributed by atoms with Crippen molar-refractivity contribution >= 4 is 34.5 Å². The van der Waals surface area contributed by atoms with Gasteiger partial charge in [-0.2, -0.15) is 4.98 Å². The van der Waals surface area contributed by atoms with E-state index in [4.69, 9.17) is 4.98 Å². The number of benzene rings is 3. The van der Waals surface area contributed by atoms with Crippen LogP contribution in [0.25, 0.3) is 33.4 Å². The second-order valence-corrected chi connectivity index (χ2v) is 12.1. The van der Waals surface area contributed by atoms with Crippen molar-refractivity contribution in [1.82, 2.24) is 19.9 Å². The molecule has 1 saturated heterocycles. The fraction of sp³-hybridized carbons (Fsp3) is 0.243. The molecule has 0 radical (unpaired) electrons. The maximum atomic E-state index is 15.2. The Hall–Kier alpha value is -5.02. The lowest BCUT2D eigenvalue weighted by Crippen LogP contribution is -2.26. The van der Waals surface area contributed by atoms with E-state index in [0.29, 0.717) is 34.2 Å². The van der Waals surface area contributed by atoms with Gasteiger partial charge in [0.25, 0.3) is 11.5 Å². The maximum absolute atomic E-state index is 15.2. The summed E-state index contributed by atoms with van der Waals surface area (Å²) in [5.41, 5.74) is 4.08. The number of hydrogen-bond acceptors (Lipinski definition) is 6. The minimum absolute atomic E-state index is 0.0168. The summed E-state index contributed by atoms with van der Waals surface area (Å²) >= 11 is 0. The number of pyridine rings is 1. The van der Waals surface area contributed by atoms with Crippen LogP contribution in [0.4, 0.5) is 20.4 Å². The highest BCUT2D eigenvalue weighted by molar-refractivity contribution is 6.12. The molecule has 232 valence electrons. The van der Waals surface area contributed by atoms with E-state index in [2.05, 4.69) is 32.7 Å². The highest BCUT2D eigenvalue weighted by atomic mass is 19.3. The zero-order valence-electron chi connectivity index (χ0n) is 25.7. The van der Waals surface area contributed by atoms with Crippen molar-refractivity contribution in [2.24, 2.45) is 4.99 Å². The van der Waals surface area contributed by atoms with E-state index in [9.17, 15) is 4.79 Å². The Bertz CT molecular complexity index is 2020. The lowest BCUT2D eigenvalue weighted by molar-refractivity contribution is 0.0180. The molecule has 46 heavy (non-hydrogen) atoms. The summed E-state index contributed by atoms with van der Waals surface area (Å²) in [6.45, 7) is 4.84. The quantitative estimate of drug-likeness (QED) is 0.197. The van der Waals surface area contributed by atoms with E-state index in [1.165, 1.54) is 16.2 Å². The monoisotopic (exact) mass is 616 g/mol. The van der Waals surface area contributed by atoms with Gasteiger partial charge >= 0.3 is 0 Å². The summed E-state index contributed by atoms with van der Waals surface area (Å²) in [6.07, 6.45) is 7.48. The summed E-state index contributed by atoms with van der Waals surface area (Å²) < 4.78 is 31.9. The molecule has 7 rings (SSSR count). The van der Waals surface area contributed by atoms with Crippen molar-refractivity contribution in [2.75, 3.05) is 18.4 Å². The van der Waals surface area contributed by atoms with Gasteiger partial charge in [0.15, 0.2) is 5.65 Å². The lowest BCUT2D eigenvalue weighted by Gasteiger charge is -2.23. The molecule has 2 aliphatic rings. The first-order valence-corrected chi connectivity index (χ1v) is 15.6. The highest BCUT2D eigenvalue weighted by Crippen LogP contribution is 2.38. The summed E-state index contributed by atoms with van der Waals surface area (Å²) in [4.78, 5) is 27.9. The number of alkyl halides is 2. The van der Waals surface area contributed by atoms with E-state index in [1.54, 1.807) is 42.7 Å². The number of aliphatic imine (C=N–C) groups is 1. The summed E-state index contributed by atoms with van der Waals surface area (Å²) in [7, 11) is 0. The second kappa shape index (κ2) is 12.1. The smallest absolute Gasteiger partial charge is 0.271 e. The van der Waals surface area contributed by atoms with Crippen molar-refractivity contribution in [1.29, 1.82) is 0 Å². The van der Waals surface area contributed by atoms with Gasteiger partial charge in [0.05, 0.1) is 11.7 Å². The largest absolute Gasteiger partial charge is 0.324 e. The van der Waals surface area contributed by atoms with Gasteiger partial charge in [-0.25, -0.2) is 13.8 Å². The van der Waals surface area contributed by atoms with Gasteiger partial charge < -0.3 is 10.6 Å². The zero-order valence-corrected chi connectivity index (χ0v) is 25.7. The fourth-order valence-electron chi connectivity index (χ4n) is 6.33. The molecule has 0 amide bonds. The Kier molecular flexibility index (Phi) is 7.78. The van der Waals surface area contributed by atoms with Crippen molar-refractivity contribution in [2.45, 2.75) is 44.6 Å². The van der Waals surface area contributed by atoms with E-state index in [1.807, 2.05) is 43.3 Å². The Morgan fingerprint density at radius 1 is 0.957 bits per heavy atom. The fourth-order valence-corrected chi connectivity index (χ4v) is 6.33. The van der Waals surface area contributed by atoms with E-state index >= 15 is 8.78 Å². The number of hydrogen-bond donors (Lipinski definition) is 2. The number of halogens is 2. The number of nitrogens with zero attached hydrogens (tertiary/aromatic N) is 4. The average molecular weight is 617 g/mol. The number of aromatic nitrogens is 3. The molecule has 0 bridgehead atoms. The standard InChI is InChI=1S/C37H34F2N6O/c1-23-18-27(21-41-23)26-10-13-31(33(20-26)37(2,38)39)32-19-28-22-42-36(44-34(28)45(35(32)46)30-6-4-3-5-7-30)43-29-11-8-24(9-12-29)25-14-16-40-17-15-25/h3-13,18-23,25,40H,14-17H2,1-2H3,(H,42,43,44). The number of fused-ring (bicyclic) bond motifs is 1. The molecule has 3 aromatic carbocycles. The minimum atomic E-state index is -3.21. The van der Waals surface area contributed by atoms with Crippen molar-refractivity contribution in [3.63, 3.8) is 0 Å². The van der Waals surface area contributed by atoms with E-state index in [0.717, 1.165) is 44.1 Å². The number of anilines is 2. The number of para-hydroxylation sites is 1. The summed E-state index contributed by atoms with van der Waals surface area (Å²) in [5.74, 6) is -2.34. The van der Waals surface area contributed by atoms with E-state index in [-0.39, 0.29) is 22.7 Å². The zero-order chi connectivity index (χ0) is 31.8. The molecule has 0 spiro atoms. The highest BCUT2D eigenvalue weighted by Gasteiger charge is 2.30. The van der Waals surface area contributed by atoms with Crippen LogP contribution in [0.5, 0.6) is 0 Å². The number of allylic oxidation sites excluding steroid dienone is 1. The average Bonchev–Trinajstić information content (AvgIpc) is 3.51. The molecule has 4 heterocycles. The van der Waals surface area contributed by atoms with Crippen LogP contribution in [0.3, 0.4) is 0 Å². The number of piperidine rings is 1. The van der Waals surface area contributed by atoms with Gasteiger partial charge in [-0.05, 0) is 97.4 Å². The van der Waals surface area contributed by atoms with Crippen LogP contribution in [0.1, 0.15) is 49.3 Å². The summed E-state index contributed by atoms with van der Waals surface area (Å²) in [6, 6.07) is 23.8. The van der Waals surface area contributed by atoms with Gasteiger partial charge in [0, 0.05) is 41.5 Å². The van der Waals surface area contributed by atoms with Crippen LogP contribution < -0.4 is 16.2 Å². The minimum Gasteiger partial charge on any atom is -0.324 e. The SMILES string of the molecule is CC1C=C(c2ccc(-c3cc4cnc(Nc5ccc(C6CCNCC6)cc5)nc4n(-c4ccccc4)c3=O)c(C(C)(F)F)c2)C=N1. The molecule has 9 heteroatoms. The lowest BCUT2D eigenvalue weighted by atomic mass is 9.90. The Labute approximate surface area is 265 Å². The van der Waals surface area contributed by atoms with Crippen LogP contribution >= 0.6 is 0 Å². The van der Waals surface area contributed by atoms with Crippen LogP contribution in [-0.4, -0.2) is 39.9 Å². The molecule has 7 nitrogen and oxygen atoms in total. The van der Waals surface area contributed by atoms with Crippen LogP contribution in [0.15, 0.2) is 101 Å². The van der Waals surface area contributed by atoms with Gasteiger partial charge in [-0.3, -0.25) is 14.4 Å². The molecule has 0 aliphatic carbocycles. The first kappa shape index (κ1) is 29.7. The molecular formula is C37H34F2N6O. The first-order chi connectivity index (χ1) is 22.2. The van der Waals surface area contributed by atoms with Crippen LogP contribution in [-0.2, 0) is 5.92 Å². The first-order valence-electron chi connectivity index (χ1n) is 15.6. The number of rotatable bonds is 7. The maximum Gasteiger partial charge on any atom is 0.271 e. The van der Waals surface area contributed by atoms with Gasteiger partial charge in [-0.1, -0.05) is 48.5 Å². The predicted molar refractivity (Wildman–Crippen MR) is 181 cm³/mol. The van der Waals surface area contributed by atoms with Crippen LogP contribution in [0, 0.1) is 0 Å². The molecule has 0 saturated carbocycles. The third-order valence-corrected chi connectivity index (χ3v) is 8.72. The predicted octanol–water partition coefficient (Wildman–Crippen LogP) is 7.63. The molecule has 1 atom stereocenters. The molecule has 1 fully saturated rings.